The Balaban J connectivity index is 1.71. The van der Waals surface area contributed by atoms with Crippen LogP contribution in [-0.2, 0) is 16.4 Å². The number of ether oxygens (including phenoxy) is 1. The van der Waals surface area contributed by atoms with E-state index in [2.05, 4.69) is 12.1 Å². The summed E-state index contributed by atoms with van der Waals surface area (Å²) in [5, 5.41) is 5.03. The molecule has 21 heavy (non-hydrogen) atoms. The Kier molecular flexibility index (Phi) is 5.36. The fraction of sp³-hybridized carbons (Fsp3) is 0.250. The van der Waals surface area contributed by atoms with Gasteiger partial charge in [-0.25, -0.2) is 13.6 Å². The summed E-state index contributed by atoms with van der Waals surface area (Å²) < 4.78 is 27.8. The molecule has 0 bridgehead atoms. The predicted molar refractivity (Wildman–Crippen MR) is 82.7 cm³/mol. The van der Waals surface area contributed by atoms with Crippen molar-refractivity contribution in [3.8, 4) is 5.75 Å². The van der Waals surface area contributed by atoms with Crippen molar-refractivity contribution in [1.82, 2.24) is 0 Å². The molecule has 0 aliphatic carbocycles. The molecule has 0 saturated heterocycles. The van der Waals surface area contributed by atoms with Gasteiger partial charge < -0.3 is 4.74 Å². The SMILES string of the molecule is NS(=O)(=O)c1ccc(OCCCCc2ccccc2)cc1. The van der Waals surface area contributed by atoms with Crippen LogP contribution in [0.2, 0.25) is 0 Å². The van der Waals surface area contributed by atoms with Gasteiger partial charge in [0.15, 0.2) is 0 Å². The molecule has 112 valence electrons. The summed E-state index contributed by atoms with van der Waals surface area (Å²) in [6.45, 7) is 0.613. The summed E-state index contributed by atoms with van der Waals surface area (Å²) in [5.74, 6) is 0.655. The van der Waals surface area contributed by atoms with Crippen molar-refractivity contribution in [2.45, 2.75) is 24.2 Å². The van der Waals surface area contributed by atoms with E-state index in [0.717, 1.165) is 19.3 Å². The van der Waals surface area contributed by atoms with Crippen LogP contribution < -0.4 is 9.88 Å². The molecule has 5 heteroatoms. The quantitative estimate of drug-likeness (QED) is 0.800. The third kappa shape index (κ3) is 5.21. The zero-order valence-corrected chi connectivity index (χ0v) is 12.6. The molecular weight excluding hydrogens is 286 g/mol. The second kappa shape index (κ2) is 7.24. The first-order valence-corrected chi connectivity index (χ1v) is 8.40. The van der Waals surface area contributed by atoms with E-state index in [0.29, 0.717) is 12.4 Å². The Morgan fingerprint density at radius 1 is 0.905 bits per heavy atom. The van der Waals surface area contributed by atoms with E-state index in [1.807, 2.05) is 18.2 Å². The number of hydrogen-bond acceptors (Lipinski definition) is 3. The van der Waals surface area contributed by atoms with Gasteiger partial charge >= 0.3 is 0 Å². The van der Waals surface area contributed by atoms with E-state index in [9.17, 15) is 8.42 Å². The maximum atomic E-state index is 11.1. The lowest BCUT2D eigenvalue weighted by Crippen LogP contribution is -2.11. The minimum Gasteiger partial charge on any atom is -0.494 e. The van der Waals surface area contributed by atoms with Crippen molar-refractivity contribution in [1.29, 1.82) is 0 Å². The zero-order valence-electron chi connectivity index (χ0n) is 11.7. The topological polar surface area (TPSA) is 69.4 Å². The summed E-state index contributed by atoms with van der Waals surface area (Å²) >= 11 is 0. The molecule has 0 saturated carbocycles. The average Bonchev–Trinajstić information content (AvgIpc) is 2.47. The minimum absolute atomic E-state index is 0.0962. The summed E-state index contributed by atoms with van der Waals surface area (Å²) in [6, 6.07) is 16.5. The fourth-order valence-corrected chi connectivity index (χ4v) is 2.51. The summed E-state index contributed by atoms with van der Waals surface area (Å²) in [5.41, 5.74) is 1.33. The number of hydrogen-bond donors (Lipinski definition) is 1. The third-order valence-corrected chi connectivity index (χ3v) is 4.05. The summed E-state index contributed by atoms with van der Waals surface area (Å²) in [4.78, 5) is 0.0962. The highest BCUT2D eigenvalue weighted by atomic mass is 32.2. The number of sulfonamides is 1. The molecule has 2 aromatic carbocycles. The average molecular weight is 305 g/mol. The lowest BCUT2D eigenvalue weighted by molar-refractivity contribution is 0.307. The molecule has 2 rings (SSSR count). The highest BCUT2D eigenvalue weighted by Crippen LogP contribution is 2.15. The molecule has 0 spiro atoms. The first kappa shape index (κ1) is 15.5. The normalized spacial score (nSPS) is 11.3. The van der Waals surface area contributed by atoms with Crippen LogP contribution in [0, 0.1) is 0 Å². The van der Waals surface area contributed by atoms with Crippen LogP contribution in [0.1, 0.15) is 18.4 Å². The van der Waals surface area contributed by atoms with Gasteiger partial charge in [-0.3, -0.25) is 0 Å². The lowest BCUT2D eigenvalue weighted by atomic mass is 10.1. The summed E-state index contributed by atoms with van der Waals surface area (Å²) in [6.07, 6.45) is 3.04. The van der Waals surface area contributed by atoms with Crippen LogP contribution in [0.15, 0.2) is 59.5 Å². The standard InChI is InChI=1S/C16H19NO3S/c17-21(18,19)16-11-9-15(10-12-16)20-13-5-4-8-14-6-2-1-3-7-14/h1-3,6-7,9-12H,4-5,8,13H2,(H2,17,18,19). The number of rotatable bonds is 7. The van der Waals surface area contributed by atoms with Gasteiger partial charge in [0.25, 0.3) is 0 Å². The molecule has 4 nitrogen and oxygen atoms in total. The molecule has 0 heterocycles. The van der Waals surface area contributed by atoms with E-state index >= 15 is 0 Å². The monoisotopic (exact) mass is 305 g/mol. The van der Waals surface area contributed by atoms with Crippen LogP contribution in [-0.4, -0.2) is 15.0 Å². The zero-order chi connectivity index (χ0) is 15.1. The first-order valence-electron chi connectivity index (χ1n) is 6.85. The third-order valence-electron chi connectivity index (χ3n) is 3.12. The maximum absolute atomic E-state index is 11.1. The molecule has 0 atom stereocenters. The lowest BCUT2D eigenvalue weighted by Gasteiger charge is -2.07. The Morgan fingerprint density at radius 2 is 1.57 bits per heavy atom. The fourth-order valence-electron chi connectivity index (χ4n) is 1.99. The van der Waals surface area contributed by atoms with Gasteiger partial charge in [-0.1, -0.05) is 30.3 Å². The van der Waals surface area contributed by atoms with Gasteiger partial charge in [0.05, 0.1) is 11.5 Å². The van der Waals surface area contributed by atoms with Crippen molar-refractivity contribution >= 4 is 10.0 Å². The molecule has 0 aliphatic heterocycles. The number of primary sulfonamides is 1. The molecule has 0 unspecified atom stereocenters. The molecule has 0 amide bonds. The summed E-state index contributed by atoms with van der Waals surface area (Å²) in [7, 11) is -3.63. The van der Waals surface area contributed by atoms with Gasteiger partial charge in [0.2, 0.25) is 10.0 Å². The second-order valence-electron chi connectivity index (χ2n) is 4.81. The number of aryl methyl sites for hydroxylation is 1. The molecule has 0 aromatic heterocycles. The first-order chi connectivity index (χ1) is 10.1. The maximum Gasteiger partial charge on any atom is 0.238 e. The van der Waals surface area contributed by atoms with Gasteiger partial charge in [-0.05, 0) is 49.1 Å². The van der Waals surface area contributed by atoms with Crippen molar-refractivity contribution in [3.05, 3.63) is 60.2 Å². The largest absolute Gasteiger partial charge is 0.494 e. The van der Waals surface area contributed by atoms with Crippen LogP contribution in [0.4, 0.5) is 0 Å². The van der Waals surface area contributed by atoms with Crippen LogP contribution in [0.25, 0.3) is 0 Å². The Hall–Kier alpha value is -1.85. The number of unbranched alkanes of at least 4 members (excludes halogenated alkanes) is 1. The molecule has 2 aromatic rings. The highest BCUT2D eigenvalue weighted by molar-refractivity contribution is 7.89. The van der Waals surface area contributed by atoms with Crippen molar-refractivity contribution in [3.63, 3.8) is 0 Å². The van der Waals surface area contributed by atoms with E-state index in [4.69, 9.17) is 9.88 Å². The van der Waals surface area contributed by atoms with Gasteiger partial charge in [0, 0.05) is 0 Å². The van der Waals surface area contributed by atoms with E-state index < -0.39 is 10.0 Å². The van der Waals surface area contributed by atoms with Crippen molar-refractivity contribution in [2.75, 3.05) is 6.61 Å². The van der Waals surface area contributed by atoms with Crippen molar-refractivity contribution < 1.29 is 13.2 Å². The van der Waals surface area contributed by atoms with Gasteiger partial charge in [-0.2, -0.15) is 0 Å². The molecular formula is C16H19NO3S. The van der Waals surface area contributed by atoms with Crippen LogP contribution in [0.3, 0.4) is 0 Å². The molecule has 0 aliphatic rings. The predicted octanol–water partition coefficient (Wildman–Crippen LogP) is 2.74. The van der Waals surface area contributed by atoms with Crippen LogP contribution in [0.5, 0.6) is 5.75 Å². The van der Waals surface area contributed by atoms with Crippen LogP contribution >= 0.6 is 0 Å². The van der Waals surface area contributed by atoms with E-state index in [-0.39, 0.29) is 4.90 Å². The van der Waals surface area contributed by atoms with E-state index in [1.54, 1.807) is 12.1 Å². The highest BCUT2D eigenvalue weighted by Gasteiger charge is 2.06. The molecule has 2 N–H and O–H groups in total. The minimum atomic E-state index is -3.63. The van der Waals surface area contributed by atoms with Gasteiger partial charge in [-0.15, -0.1) is 0 Å². The Labute approximate surface area is 125 Å². The smallest absolute Gasteiger partial charge is 0.238 e. The van der Waals surface area contributed by atoms with E-state index in [1.165, 1.54) is 17.7 Å². The molecule has 0 radical (unpaired) electrons. The van der Waals surface area contributed by atoms with Gasteiger partial charge in [0.1, 0.15) is 5.75 Å². The molecule has 0 fully saturated rings. The second-order valence-corrected chi connectivity index (χ2v) is 6.37. The number of benzene rings is 2. The number of nitrogens with two attached hydrogens (primary N) is 1. The Bertz CT molecular complexity index is 652. The van der Waals surface area contributed by atoms with Crippen molar-refractivity contribution in [2.24, 2.45) is 5.14 Å². The Morgan fingerprint density at radius 3 is 2.19 bits per heavy atom.